The van der Waals surface area contributed by atoms with Crippen LogP contribution in [0, 0.1) is 12.7 Å². The highest BCUT2D eigenvalue weighted by Crippen LogP contribution is 2.28. The second kappa shape index (κ2) is 4.42. The Morgan fingerprint density at radius 3 is 2.79 bits per heavy atom. The maximum Gasteiger partial charge on any atom is 0.149 e. The summed E-state index contributed by atoms with van der Waals surface area (Å²) in [6.07, 6.45) is 4.09. The SMILES string of the molecule is CCc1nc(-c2cn[nH]c2)c2cc(C)cc(F)c2n1. The highest BCUT2D eigenvalue weighted by Gasteiger charge is 2.13. The number of nitrogens with one attached hydrogen (secondary N) is 1. The number of halogens is 1. The number of rotatable bonds is 2. The summed E-state index contributed by atoms with van der Waals surface area (Å²) in [7, 11) is 0. The Hall–Kier alpha value is -2.30. The standard InChI is InChI=1S/C14H13FN4/c1-3-12-18-13(9-6-16-17-7-9)10-4-8(2)5-11(15)14(10)19-12/h4-7H,3H2,1-2H3,(H,16,17). The first-order valence-electron chi connectivity index (χ1n) is 6.15. The van der Waals surface area contributed by atoms with Crippen LogP contribution < -0.4 is 0 Å². The molecular formula is C14H13FN4. The fourth-order valence-electron chi connectivity index (χ4n) is 2.13. The van der Waals surface area contributed by atoms with Crippen molar-refractivity contribution in [3.05, 3.63) is 41.7 Å². The Bertz CT molecular complexity index is 735. The molecule has 2 aromatic heterocycles. The van der Waals surface area contributed by atoms with Gasteiger partial charge in [-0.1, -0.05) is 6.92 Å². The molecule has 0 amide bonds. The molecule has 0 fully saturated rings. The molecule has 0 radical (unpaired) electrons. The molecule has 0 unspecified atom stereocenters. The fraction of sp³-hybridized carbons (Fsp3) is 0.214. The highest BCUT2D eigenvalue weighted by atomic mass is 19.1. The fourth-order valence-corrected chi connectivity index (χ4v) is 2.13. The molecule has 3 aromatic rings. The third-order valence-electron chi connectivity index (χ3n) is 3.03. The van der Waals surface area contributed by atoms with E-state index in [0.29, 0.717) is 17.8 Å². The zero-order valence-corrected chi connectivity index (χ0v) is 10.7. The molecule has 4 nitrogen and oxygen atoms in total. The summed E-state index contributed by atoms with van der Waals surface area (Å²) in [5.41, 5.74) is 2.78. The van der Waals surface area contributed by atoms with Gasteiger partial charge in [0, 0.05) is 23.6 Å². The monoisotopic (exact) mass is 256 g/mol. The third kappa shape index (κ3) is 1.97. The highest BCUT2D eigenvalue weighted by molar-refractivity contribution is 5.92. The molecule has 19 heavy (non-hydrogen) atoms. The molecule has 0 saturated carbocycles. The van der Waals surface area contributed by atoms with Gasteiger partial charge in [-0.3, -0.25) is 5.10 Å². The number of hydrogen-bond donors (Lipinski definition) is 1. The van der Waals surface area contributed by atoms with Gasteiger partial charge >= 0.3 is 0 Å². The largest absolute Gasteiger partial charge is 0.285 e. The Morgan fingerprint density at radius 1 is 1.26 bits per heavy atom. The van der Waals surface area contributed by atoms with Crippen LogP contribution in [0.15, 0.2) is 24.5 Å². The van der Waals surface area contributed by atoms with Gasteiger partial charge < -0.3 is 0 Å². The summed E-state index contributed by atoms with van der Waals surface area (Å²) in [6, 6.07) is 3.40. The van der Waals surface area contributed by atoms with Crippen LogP contribution in [-0.2, 0) is 6.42 Å². The lowest BCUT2D eigenvalue weighted by Gasteiger charge is -2.08. The molecule has 3 rings (SSSR count). The van der Waals surface area contributed by atoms with Crippen molar-refractivity contribution in [2.75, 3.05) is 0 Å². The minimum absolute atomic E-state index is 0.308. The zero-order valence-electron chi connectivity index (χ0n) is 10.7. The van der Waals surface area contributed by atoms with Gasteiger partial charge in [0.25, 0.3) is 0 Å². The Labute approximate surface area is 109 Å². The molecule has 0 aliphatic carbocycles. The lowest BCUT2D eigenvalue weighted by molar-refractivity contribution is 0.634. The zero-order chi connectivity index (χ0) is 13.4. The van der Waals surface area contributed by atoms with E-state index in [1.165, 1.54) is 6.07 Å². The quantitative estimate of drug-likeness (QED) is 0.766. The molecule has 0 saturated heterocycles. The van der Waals surface area contributed by atoms with Crippen LogP contribution in [0.2, 0.25) is 0 Å². The number of benzene rings is 1. The number of nitrogens with zero attached hydrogens (tertiary/aromatic N) is 3. The van der Waals surface area contributed by atoms with Gasteiger partial charge in [0.15, 0.2) is 0 Å². The van der Waals surface area contributed by atoms with Gasteiger partial charge in [-0.2, -0.15) is 5.10 Å². The number of aromatic amines is 1. The van der Waals surface area contributed by atoms with Gasteiger partial charge in [0.1, 0.15) is 17.2 Å². The van der Waals surface area contributed by atoms with E-state index >= 15 is 0 Å². The summed E-state index contributed by atoms with van der Waals surface area (Å²) in [4.78, 5) is 8.79. The van der Waals surface area contributed by atoms with Crippen molar-refractivity contribution in [2.24, 2.45) is 0 Å². The molecule has 2 heterocycles. The molecule has 0 spiro atoms. The van der Waals surface area contributed by atoms with Crippen molar-refractivity contribution in [3.8, 4) is 11.3 Å². The van der Waals surface area contributed by atoms with E-state index in [2.05, 4.69) is 20.2 Å². The summed E-state index contributed by atoms with van der Waals surface area (Å²) in [5.74, 6) is 0.322. The van der Waals surface area contributed by atoms with Gasteiger partial charge in [0.2, 0.25) is 0 Å². The lowest BCUT2D eigenvalue weighted by Crippen LogP contribution is -1.99. The number of hydrogen-bond acceptors (Lipinski definition) is 3. The second-order valence-electron chi connectivity index (χ2n) is 4.47. The molecule has 1 N–H and O–H groups in total. The van der Waals surface area contributed by atoms with Crippen LogP contribution in [0.3, 0.4) is 0 Å². The lowest BCUT2D eigenvalue weighted by atomic mass is 10.1. The van der Waals surface area contributed by atoms with Crippen molar-refractivity contribution in [3.63, 3.8) is 0 Å². The third-order valence-corrected chi connectivity index (χ3v) is 3.03. The molecular weight excluding hydrogens is 243 g/mol. The van der Waals surface area contributed by atoms with E-state index in [1.54, 1.807) is 12.4 Å². The van der Waals surface area contributed by atoms with E-state index in [-0.39, 0.29) is 5.82 Å². The average Bonchev–Trinajstić information content (AvgIpc) is 2.91. The van der Waals surface area contributed by atoms with E-state index in [4.69, 9.17) is 0 Å². The Morgan fingerprint density at radius 2 is 2.11 bits per heavy atom. The van der Waals surface area contributed by atoms with Gasteiger partial charge in [-0.15, -0.1) is 0 Å². The van der Waals surface area contributed by atoms with Gasteiger partial charge in [0.05, 0.1) is 11.9 Å². The van der Waals surface area contributed by atoms with E-state index in [1.807, 2.05) is 19.9 Å². The maximum absolute atomic E-state index is 14.1. The van der Waals surface area contributed by atoms with Gasteiger partial charge in [-0.25, -0.2) is 14.4 Å². The molecule has 0 aliphatic heterocycles. The van der Waals surface area contributed by atoms with Crippen molar-refractivity contribution in [2.45, 2.75) is 20.3 Å². The predicted molar refractivity (Wildman–Crippen MR) is 71.2 cm³/mol. The molecule has 0 bridgehead atoms. The Kier molecular flexibility index (Phi) is 2.74. The van der Waals surface area contributed by atoms with Crippen LogP contribution in [0.5, 0.6) is 0 Å². The van der Waals surface area contributed by atoms with Crippen LogP contribution in [-0.4, -0.2) is 20.2 Å². The van der Waals surface area contributed by atoms with Crippen LogP contribution in [0.25, 0.3) is 22.2 Å². The molecule has 0 aliphatic rings. The molecule has 1 aromatic carbocycles. The summed E-state index contributed by atoms with van der Waals surface area (Å²) < 4.78 is 14.1. The van der Waals surface area contributed by atoms with Crippen LogP contribution >= 0.6 is 0 Å². The van der Waals surface area contributed by atoms with E-state index in [9.17, 15) is 4.39 Å². The van der Waals surface area contributed by atoms with Gasteiger partial charge in [-0.05, 0) is 24.6 Å². The van der Waals surface area contributed by atoms with Crippen molar-refractivity contribution in [1.29, 1.82) is 0 Å². The first kappa shape index (κ1) is 11.8. The topological polar surface area (TPSA) is 54.5 Å². The first-order chi connectivity index (χ1) is 9.19. The molecule has 0 atom stereocenters. The smallest absolute Gasteiger partial charge is 0.149 e. The number of aryl methyl sites for hydroxylation is 2. The summed E-state index contributed by atoms with van der Waals surface area (Å²) in [5, 5.41) is 7.40. The van der Waals surface area contributed by atoms with E-state index < -0.39 is 0 Å². The number of fused-ring (bicyclic) bond motifs is 1. The number of H-pyrrole nitrogens is 1. The minimum Gasteiger partial charge on any atom is -0.285 e. The predicted octanol–water partition coefficient (Wildman–Crippen LogP) is 3.03. The van der Waals surface area contributed by atoms with Crippen molar-refractivity contribution < 1.29 is 4.39 Å². The number of aromatic nitrogens is 4. The first-order valence-corrected chi connectivity index (χ1v) is 6.15. The minimum atomic E-state index is -0.308. The van der Waals surface area contributed by atoms with Crippen LogP contribution in [0.1, 0.15) is 18.3 Å². The van der Waals surface area contributed by atoms with Crippen molar-refractivity contribution >= 4 is 10.9 Å². The second-order valence-corrected chi connectivity index (χ2v) is 4.47. The molecule has 96 valence electrons. The van der Waals surface area contributed by atoms with E-state index in [0.717, 1.165) is 22.2 Å². The van der Waals surface area contributed by atoms with Crippen molar-refractivity contribution in [1.82, 2.24) is 20.2 Å². The maximum atomic E-state index is 14.1. The summed E-state index contributed by atoms with van der Waals surface area (Å²) >= 11 is 0. The van der Waals surface area contributed by atoms with Crippen LogP contribution in [0.4, 0.5) is 4.39 Å². The summed E-state index contributed by atoms with van der Waals surface area (Å²) in [6.45, 7) is 3.81. The molecule has 5 heteroatoms. The average molecular weight is 256 g/mol. The normalized spacial score (nSPS) is 11.1. The Balaban J connectivity index is 2.41.